The second kappa shape index (κ2) is 8.02. The standard InChI is InChI=1S/C18H23N3O4/c1-24-15-3-2-12-10-13(17(22)21-16(12)11-15)4-7-19-18(23)20-14-5-8-25-9-6-14/h2-3,10-11,14H,4-9H2,1H3,(H,21,22)(H2,19,20,23). The van der Waals surface area contributed by atoms with Crippen LogP contribution in [0.2, 0.25) is 0 Å². The van der Waals surface area contributed by atoms with Crippen LogP contribution >= 0.6 is 0 Å². The predicted octanol–water partition coefficient (Wildman–Crippen LogP) is 1.56. The number of hydrogen-bond acceptors (Lipinski definition) is 4. The molecule has 0 bridgehead atoms. The number of ether oxygens (including phenoxy) is 2. The summed E-state index contributed by atoms with van der Waals surface area (Å²) in [4.78, 5) is 27.0. The van der Waals surface area contributed by atoms with E-state index in [-0.39, 0.29) is 17.6 Å². The first-order chi connectivity index (χ1) is 12.2. The largest absolute Gasteiger partial charge is 0.497 e. The Hall–Kier alpha value is -2.54. The number of carbonyl (C=O) groups excluding carboxylic acids is 1. The first-order valence-electron chi connectivity index (χ1n) is 8.48. The van der Waals surface area contributed by atoms with Crippen molar-refractivity contribution >= 4 is 16.9 Å². The summed E-state index contributed by atoms with van der Waals surface area (Å²) >= 11 is 0. The number of amides is 2. The van der Waals surface area contributed by atoms with Crippen molar-refractivity contribution in [1.82, 2.24) is 15.6 Å². The van der Waals surface area contributed by atoms with Crippen molar-refractivity contribution in [1.29, 1.82) is 0 Å². The Morgan fingerprint density at radius 1 is 1.32 bits per heavy atom. The molecule has 0 unspecified atom stereocenters. The summed E-state index contributed by atoms with van der Waals surface area (Å²) in [5.41, 5.74) is 1.23. The summed E-state index contributed by atoms with van der Waals surface area (Å²) in [5.74, 6) is 0.697. The van der Waals surface area contributed by atoms with E-state index in [9.17, 15) is 9.59 Å². The van der Waals surface area contributed by atoms with Gasteiger partial charge in [-0.3, -0.25) is 4.79 Å². The van der Waals surface area contributed by atoms with E-state index >= 15 is 0 Å². The number of aromatic amines is 1. The van der Waals surface area contributed by atoms with Crippen LogP contribution in [0, 0.1) is 0 Å². The Balaban J connectivity index is 1.56. The number of pyridine rings is 1. The van der Waals surface area contributed by atoms with E-state index in [1.165, 1.54) is 0 Å². The molecule has 7 heteroatoms. The van der Waals surface area contributed by atoms with Gasteiger partial charge in [0.05, 0.1) is 12.6 Å². The van der Waals surface area contributed by atoms with E-state index in [1.807, 2.05) is 18.2 Å². The molecule has 134 valence electrons. The van der Waals surface area contributed by atoms with Crippen LogP contribution in [0.3, 0.4) is 0 Å². The Morgan fingerprint density at radius 3 is 2.88 bits per heavy atom. The lowest BCUT2D eigenvalue weighted by Gasteiger charge is -2.23. The molecule has 1 fully saturated rings. The van der Waals surface area contributed by atoms with Gasteiger partial charge in [-0.25, -0.2) is 4.79 Å². The van der Waals surface area contributed by atoms with Gasteiger partial charge in [-0.1, -0.05) is 0 Å². The molecule has 0 radical (unpaired) electrons. The molecular weight excluding hydrogens is 322 g/mol. The minimum atomic E-state index is -0.200. The van der Waals surface area contributed by atoms with Gasteiger partial charge in [0, 0.05) is 37.4 Å². The summed E-state index contributed by atoms with van der Waals surface area (Å²) in [6.45, 7) is 1.77. The summed E-state index contributed by atoms with van der Waals surface area (Å²) < 4.78 is 10.4. The van der Waals surface area contributed by atoms with Gasteiger partial charge in [0.1, 0.15) is 5.75 Å². The second-order valence-corrected chi connectivity index (χ2v) is 6.11. The molecule has 7 nitrogen and oxygen atoms in total. The number of rotatable bonds is 5. The maximum absolute atomic E-state index is 12.2. The molecule has 0 spiro atoms. The number of nitrogens with one attached hydrogen (secondary N) is 3. The highest BCUT2D eigenvalue weighted by Crippen LogP contribution is 2.18. The van der Waals surface area contributed by atoms with Gasteiger partial charge in [0.2, 0.25) is 0 Å². The molecule has 3 rings (SSSR count). The zero-order valence-electron chi connectivity index (χ0n) is 14.3. The van der Waals surface area contributed by atoms with Crippen molar-refractivity contribution < 1.29 is 14.3 Å². The summed E-state index contributed by atoms with van der Waals surface area (Å²) in [6.07, 6.45) is 2.14. The van der Waals surface area contributed by atoms with E-state index in [0.29, 0.717) is 37.5 Å². The number of H-pyrrole nitrogens is 1. The van der Waals surface area contributed by atoms with Crippen molar-refractivity contribution in [3.05, 3.63) is 40.2 Å². The van der Waals surface area contributed by atoms with Crippen LogP contribution in [0.25, 0.3) is 10.9 Å². The molecular formula is C18H23N3O4. The highest BCUT2D eigenvalue weighted by atomic mass is 16.5. The zero-order valence-corrected chi connectivity index (χ0v) is 14.3. The van der Waals surface area contributed by atoms with Crippen molar-refractivity contribution in [3.8, 4) is 5.75 Å². The number of methoxy groups -OCH3 is 1. The van der Waals surface area contributed by atoms with E-state index in [1.54, 1.807) is 13.2 Å². The highest BCUT2D eigenvalue weighted by molar-refractivity contribution is 5.80. The predicted molar refractivity (Wildman–Crippen MR) is 95.2 cm³/mol. The Morgan fingerprint density at radius 2 is 2.12 bits per heavy atom. The lowest BCUT2D eigenvalue weighted by Crippen LogP contribution is -2.45. The van der Waals surface area contributed by atoms with Gasteiger partial charge in [0.25, 0.3) is 5.56 Å². The lowest BCUT2D eigenvalue weighted by molar-refractivity contribution is 0.0801. The fraction of sp³-hybridized carbons (Fsp3) is 0.444. The minimum Gasteiger partial charge on any atom is -0.497 e. The van der Waals surface area contributed by atoms with Crippen LogP contribution in [0.4, 0.5) is 4.79 Å². The van der Waals surface area contributed by atoms with Gasteiger partial charge < -0.3 is 25.1 Å². The number of benzene rings is 1. The van der Waals surface area contributed by atoms with Crippen molar-refractivity contribution in [3.63, 3.8) is 0 Å². The van der Waals surface area contributed by atoms with Crippen LogP contribution in [0.15, 0.2) is 29.1 Å². The van der Waals surface area contributed by atoms with Gasteiger partial charge in [-0.15, -0.1) is 0 Å². The maximum Gasteiger partial charge on any atom is 0.315 e. The minimum absolute atomic E-state index is 0.146. The summed E-state index contributed by atoms with van der Waals surface area (Å²) in [5, 5.41) is 6.67. The molecule has 2 amide bonds. The van der Waals surface area contributed by atoms with Crippen molar-refractivity contribution in [2.75, 3.05) is 26.9 Å². The third-order valence-corrected chi connectivity index (χ3v) is 4.37. The number of urea groups is 1. The summed E-state index contributed by atoms with van der Waals surface area (Å²) in [7, 11) is 1.59. The monoisotopic (exact) mass is 345 g/mol. The summed E-state index contributed by atoms with van der Waals surface area (Å²) in [6, 6.07) is 7.36. The van der Waals surface area contributed by atoms with E-state index in [4.69, 9.17) is 9.47 Å². The lowest BCUT2D eigenvalue weighted by atomic mass is 10.1. The molecule has 1 aromatic heterocycles. The van der Waals surface area contributed by atoms with Gasteiger partial charge in [-0.2, -0.15) is 0 Å². The highest BCUT2D eigenvalue weighted by Gasteiger charge is 2.15. The average molecular weight is 345 g/mol. The Bertz CT molecular complexity index is 796. The molecule has 3 N–H and O–H groups in total. The van der Waals surface area contributed by atoms with Crippen LogP contribution < -0.4 is 20.9 Å². The molecule has 2 heterocycles. The first-order valence-corrected chi connectivity index (χ1v) is 8.48. The Labute approximate surface area is 145 Å². The fourth-order valence-corrected chi connectivity index (χ4v) is 2.93. The van der Waals surface area contributed by atoms with Crippen molar-refractivity contribution in [2.24, 2.45) is 0 Å². The zero-order chi connectivity index (χ0) is 17.6. The third-order valence-electron chi connectivity index (χ3n) is 4.37. The molecule has 1 aliphatic heterocycles. The number of fused-ring (bicyclic) bond motifs is 1. The van der Waals surface area contributed by atoms with Crippen LogP contribution in [-0.4, -0.2) is 43.9 Å². The van der Waals surface area contributed by atoms with Crippen LogP contribution in [0.5, 0.6) is 5.75 Å². The van der Waals surface area contributed by atoms with Crippen molar-refractivity contribution in [2.45, 2.75) is 25.3 Å². The smallest absolute Gasteiger partial charge is 0.315 e. The van der Waals surface area contributed by atoms with E-state index in [0.717, 1.165) is 23.7 Å². The first kappa shape index (κ1) is 17.3. The molecule has 0 aliphatic carbocycles. The van der Waals surface area contributed by atoms with E-state index in [2.05, 4.69) is 15.6 Å². The fourth-order valence-electron chi connectivity index (χ4n) is 2.93. The number of carbonyl (C=O) groups is 1. The van der Waals surface area contributed by atoms with Gasteiger partial charge in [-0.05, 0) is 42.8 Å². The molecule has 2 aromatic rings. The van der Waals surface area contributed by atoms with Gasteiger partial charge >= 0.3 is 6.03 Å². The molecule has 1 aromatic carbocycles. The maximum atomic E-state index is 12.2. The topological polar surface area (TPSA) is 92.4 Å². The van der Waals surface area contributed by atoms with Gasteiger partial charge in [0.15, 0.2) is 0 Å². The second-order valence-electron chi connectivity index (χ2n) is 6.11. The number of aromatic nitrogens is 1. The van der Waals surface area contributed by atoms with E-state index < -0.39 is 0 Å². The molecule has 0 atom stereocenters. The average Bonchev–Trinajstić information content (AvgIpc) is 2.62. The molecule has 1 saturated heterocycles. The quantitative estimate of drug-likeness (QED) is 0.767. The molecule has 1 aliphatic rings. The van der Waals surface area contributed by atoms with Crippen LogP contribution in [0.1, 0.15) is 18.4 Å². The Kier molecular flexibility index (Phi) is 5.55. The van der Waals surface area contributed by atoms with Crippen LogP contribution in [-0.2, 0) is 11.2 Å². The molecule has 25 heavy (non-hydrogen) atoms. The number of hydrogen-bond donors (Lipinski definition) is 3. The normalized spacial score (nSPS) is 15.1. The third kappa shape index (κ3) is 4.51. The molecule has 0 saturated carbocycles. The SMILES string of the molecule is COc1ccc2cc(CCNC(=O)NC3CCOCC3)c(=O)[nH]c2c1.